The Morgan fingerprint density at radius 3 is 2.53 bits per heavy atom. The number of rotatable bonds is 8. The lowest BCUT2D eigenvalue weighted by Gasteiger charge is -2.25. The Bertz CT molecular complexity index is 955. The van der Waals surface area contributed by atoms with Gasteiger partial charge in [-0.2, -0.15) is 0 Å². The highest BCUT2D eigenvalue weighted by atomic mass is 16.5. The summed E-state index contributed by atoms with van der Waals surface area (Å²) in [6, 6.07) is 7.71. The molecule has 1 aromatic heterocycles. The van der Waals surface area contributed by atoms with E-state index in [1.54, 1.807) is 42.7 Å². The number of ether oxygens (including phenoxy) is 2. The Balaban J connectivity index is 2.12. The van der Waals surface area contributed by atoms with Crippen molar-refractivity contribution < 1.29 is 24.2 Å². The molecule has 1 saturated heterocycles. The summed E-state index contributed by atoms with van der Waals surface area (Å²) >= 11 is 0. The molecule has 1 unspecified atom stereocenters. The summed E-state index contributed by atoms with van der Waals surface area (Å²) in [5.74, 6) is -0.648. The number of nitrogens with zero attached hydrogens (tertiary/aromatic N) is 2. The molecule has 2 heterocycles. The number of methoxy groups -OCH3 is 2. The molecule has 0 spiro atoms. The maximum Gasteiger partial charge on any atom is 0.295 e. The molecule has 7 heteroatoms. The molecule has 1 fully saturated rings. The van der Waals surface area contributed by atoms with Gasteiger partial charge in [-0.1, -0.05) is 25.8 Å². The van der Waals surface area contributed by atoms with Crippen LogP contribution in [0.25, 0.3) is 5.76 Å². The van der Waals surface area contributed by atoms with Gasteiger partial charge in [-0.05, 0) is 36.2 Å². The third kappa shape index (κ3) is 4.01. The normalized spacial score (nSPS) is 18.0. The van der Waals surface area contributed by atoms with Gasteiger partial charge in [0.05, 0.1) is 25.8 Å². The third-order valence-electron chi connectivity index (χ3n) is 5.20. The van der Waals surface area contributed by atoms with Crippen LogP contribution in [0, 0.1) is 0 Å². The monoisotopic (exact) mass is 410 g/mol. The second-order valence-electron chi connectivity index (χ2n) is 7.06. The number of pyridine rings is 1. The second-order valence-corrected chi connectivity index (χ2v) is 7.06. The van der Waals surface area contributed by atoms with E-state index in [1.165, 1.54) is 19.1 Å². The number of unbranched alkanes of at least 4 members (excludes halogenated alkanes) is 2. The van der Waals surface area contributed by atoms with Crippen LogP contribution in [0.1, 0.15) is 43.4 Å². The van der Waals surface area contributed by atoms with E-state index in [0.717, 1.165) is 19.3 Å². The van der Waals surface area contributed by atoms with Gasteiger partial charge in [-0.3, -0.25) is 14.6 Å². The number of aromatic nitrogens is 1. The average Bonchev–Trinajstić information content (AvgIpc) is 3.03. The first-order valence-corrected chi connectivity index (χ1v) is 9.94. The number of hydrogen-bond donors (Lipinski definition) is 1. The molecule has 1 N–H and O–H groups in total. The fourth-order valence-corrected chi connectivity index (χ4v) is 3.67. The summed E-state index contributed by atoms with van der Waals surface area (Å²) in [6.07, 6.45) is 5.95. The predicted octanol–water partition coefficient (Wildman–Crippen LogP) is 3.71. The highest BCUT2D eigenvalue weighted by molar-refractivity contribution is 6.46. The van der Waals surface area contributed by atoms with Gasteiger partial charge in [0.15, 0.2) is 11.5 Å². The van der Waals surface area contributed by atoms with E-state index >= 15 is 0 Å². The van der Waals surface area contributed by atoms with Crippen molar-refractivity contribution in [3.8, 4) is 11.5 Å². The first-order valence-electron chi connectivity index (χ1n) is 9.94. The van der Waals surface area contributed by atoms with Gasteiger partial charge in [0.2, 0.25) is 0 Å². The summed E-state index contributed by atoms with van der Waals surface area (Å²) in [7, 11) is 3.01. The molecule has 1 amide bonds. The molecule has 1 aromatic carbocycles. The Labute approximate surface area is 175 Å². The zero-order valence-electron chi connectivity index (χ0n) is 17.4. The van der Waals surface area contributed by atoms with Gasteiger partial charge < -0.3 is 19.5 Å². The number of amides is 1. The summed E-state index contributed by atoms with van der Waals surface area (Å²) in [4.78, 5) is 31.4. The minimum atomic E-state index is -0.701. The Morgan fingerprint density at radius 1 is 1.13 bits per heavy atom. The molecule has 2 aromatic rings. The van der Waals surface area contributed by atoms with Gasteiger partial charge in [-0.15, -0.1) is 0 Å². The minimum absolute atomic E-state index is 0.0525. The van der Waals surface area contributed by atoms with E-state index in [1.807, 2.05) is 0 Å². The first kappa shape index (κ1) is 21.4. The van der Waals surface area contributed by atoms with Gasteiger partial charge in [0.1, 0.15) is 5.76 Å². The van der Waals surface area contributed by atoms with E-state index in [2.05, 4.69) is 11.9 Å². The molecule has 1 aliphatic heterocycles. The van der Waals surface area contributed by atoms with Crippen LogP contribution >= 0.6 is 0 Å². The van der Waals surface area contributed by atoms with E-state index in [4.69, 9.17) is 9.47 Å². The number of Topliss-reactive ketones (excluding diaryl/α,β-unsaturated/α-hetero) is 1. The maximum atomic E-state index is 12.9. The van der Waals surface area contributed by atoms with Gasteiger partial charge in [0.25, 0.3) is 11.7 Å². The van der Waals surface area contributed by atoms with Crippen molar-refractivity contribution in [2.75, 3.05) is 20.8 Å². The van der Waals surface area contributed by atoms with Crippen molar-refractivity contribution in [2.24, 2.45) is 0 Å². The molecule has 0 aliphatic carbocycles. The number of benzene rings is 1. The van der Waals surface area contributed by atoms with Gasteiger partial charge in [-0.25, -0.2) is 0 Å². The van der Waals surface area contributed by atoms with Crippen LogP contribution < -0.4 is 9.47 Å². The lowest BCUT2D eigenvalue weighted by molar-refractivity contribution is -0.139. The summed E-state index contributed by atoms with van der Waals surface area (Å²) < 4.78 is 10.5. The summed E-state index contributed by atoms with van der Waals surface area (Å²) in [5, 5.41) is 11.1. The number of carbonyl (C=O) groups excluding carboxylic acids is 2. The molecule has 0 bridgehead atoms. The molecule has 0 radical (unpaired) electrons. The number of hydrogen-bond acceptors (Lipinski definition) is 6. The van der Waals surface area contributed by atoms with E-state index in [9.17, 15) is 14.7 Å². The van der Waals surface area contributed by atoms with E-state index in [0.29, 0.717) is 29.2 Å². The van der Waals surface area contributed by atoms with Crippen molar-refractivity contribution in [3.63, 3.8) is 0 Å². The molecule has 7 nitrogen and oxygen atoms in total. The van der Waals surface area contributed by atoms with Crippen LogP contribution in [0.15, 0.2) is 48.3 Å². The van der Waals surface area contributed by atoms with Crippen molar-refractivity contribution in [2.45, 2.75) is 32.2 Å². The van der Waals surface area contributed by atoms with E-state index < -0.39 is 17.7 Å². The standard InChI is InChI=1S/C23H26N2O5/c1-4-5-6-12-25-20(16-8-7-11-24-14-16)19(22(27)23(25)28)21(26)15-9-10-17(29-2)18(13-15)30-3/h7-11,13-14,20,26H,4-6,12H2,1-3H3/b21-19-. The van der Waals surface area contributed by atoms with Crippen molar-refractivity contribution in [1.29, 1.82) is 0 Å². The number of likely N-dealkylation sites (tertiary alicyclic amines) is 1. The van der Waals surface area contributed by atoms with Crippen molar-refractivity contribution in [3.05, 3.63) is 59.4 Å². The predicted molar refractivity (Wildman–Crippen MR) is 112 cm³/mol. The van der Waals surface area contributed by atoms with Gasteiger partial charge in [0, 0.05) is 24.5 Å². The molecule has 3 rings (SSSR count). The van der Waals surface area contributed by atoms with Crippen LogP contribution in [0.2, 0.25) is 0 Å². The van der Waals surface area contributed by atoms with Crippen LogP contribution in [-0.4, -0.2) is 47.4 Å². The Hall–Kier alpha value is -3.35. The van der Waals surface area contributed by atoms with Crippen LogP contribution in [0.5, 0.6) is 11.5 Å². The highest BCUT2D eigenvalue weighted by Crippen LogP contribution is 2.40. The lowest BCUT2D eigenvalue weighted by atomic mass is 9.96. The van der Waals surface area contributed by atoms with Crippen molar-refractivity contribution >= 4 is 17.4 Å². The first-order chi connectivity index (χ1) is 14.5. The van der Waals surface area contributed by atoms with Crippen molar-refractivity contribution in [1.82, 2.24) is 9.88 Å². The maximum absolute atomic E-state index is 12.9. The Kier molecular flexibility index (Phi) is 6.72. The molecule has 30 heavy (non-hydrogen) atoms. The largest absolute Gasteiger partial charge is 0.507 e. The average molecular weight is 410 g/mol. The molecular formula is C23H26N2O5. The molecule has 1 atom stereocenters. The second kappa shape index (κ2) is 9.43. The number of aliphatic hydroxyl groups excluding tert-OH is 1. The summed E-state index contributed by atoms with van der Waals surface area (Å²) in [6.45, 7) is 2.50. The summed E-state index contributed by atoms with van der Waals surface area (Å²) in [5.41, 5.74) is 1.10. The minimum Gasteiger partial charge on any atom is -0.507 e. The van der Waals surface area contributed by atoms with Crippen LogP contribution in [0.3, 0.4) is 0 Å². The van der Waals surface area contributed by atoms with Crippen LogP contribution in [0.4, 0.5) is 0 Å². The highest BCUT2D eigenvalue weighted by Gasteiger charge is 2.45. The Morgan fingerprint density at radius 2 is 1.90 bits per heavy atom. The smallest absolute Gasteiger partial charge is 0.295 e. The zero-order chi connectivity index (χ0) is 21.7. The fourth-order valence-electron chi connectivity index (χ4n) is 3.67. The lowest BCUT2D eigenvalue weighted by Crippen LogP contribution is -2.30. The van der Waals surface area contributed by atoms with Crippen LogP contribution in [-0.2, 0) is 9.59 Å². The number of ketones is 1. The third-order valence-corrected chi connectivity index (χ3v) is 5.20. The number of carbonyl (C=O) groups is 2. The molecule has 1 aliphatic rings. The SMILES string of the molecule is CCCCCN1C(=O)C(=O)/C(=C(\O)c2ccc(OC)c(OC)c2)C1c1cccnc1. The molecule has 158 valence electrons. The topological polar surface area (TPSA) is 89.0 Å². The number of aliphatic hydroxyl groups is 1. The molecular weight excluding hydrogens is 384 g/mol. The zero-order valence-corrected chi connectivity index (χ0v) is 17.4. The van der Waals surface area contributed by atoms with Gasteiger partial charge >= 0.3 is 0 Å². The fraction of sp³-hybridized carbons (Fsp3) is 0.348. The quantitative estimate of drug-likeness (QED) is 0.309. The van der Waals surface area contributed by atoms with E-state index in [-0.39, 0.29) is 11.3 Å². The molecule has 0 saturated carbocycles.